The fourth-order valence-corrected chi connectivity index (χ4v) is 3.56. The number of hydrogen-bond acceptors (Lipinski definition) is 3. The van der Waals surface area contributed by atoms with Crippen LogP contribution in [0.1, 0.15) is 48.0 Å². The number of nitrogens with one attached hydrogen (secondary N) is 2. The summed E-state index contributed by atoms with van der Waals surface area (Å²) in [6.07, 6.45) is 7.13. The Balaban J connectivity index is 1.46. The van der Waals surface area contributed by atoms with E-state index >= 15 is 0 Å². The predicted octanol–water partition coefficient (Wildman–Crippen LogP) is 2.20. The lowest BCUT2D eigenvalue weighted by Gasteiger charge is -2.27. The number of carbonyl (C=O) groups is 1. The second-order valence-corrected chi connectivity index (χ2v) is 6.85. The molecule has 0 spiro atoms. The van der Waals surface area contributed by atoms with Gasteiger partial charge in [0.2, 0.25) is 0 Å². The van der Waals surface area contributed by atoms with Crippen molar-refractivity contribution in [3.8, 4) is 0 Å². The zero-order valence-corrected chi connectivity index (χ0v) is 14.0. The van der Waals surface area contributed by atoms with Crippen molar-refractivity contribution in [2.75, 3.05) is 32.7 Å². The summed E-state index contributed by atoms with van der Waals surface area (Å²) in [5.74, 6) is 0.0885. The van der Waals surface area contributed by atoms with E-state index < -0.39 is 0 Å². The summed E-state index contributed by atoms with van der Waals surface area (Å²) in [7, 11) is 0. The number of benzene rings is 1. The van der Waals surface area contributed by atoms with Crippen molar-refractivity contribution in [3.63, 3.8) is 0 Å². The topological polar surface area (TPSA) is 44.4 Å². The van der Waals surface area contributed by atoms with Gasteiger partial charge >= 0.3 is 0 Å². The van der Waals surface area contributed by atoms with E-state index in [0.717, 1.165) is 57.5 Å². The Kier molecular flexibility index (Phi) is 6.06. The Labute approximate surface area is 139 Å². The summed E-state index contributed by atoms with van der Waals surface area (Å²) < 4.78 is 0. The molecule has 0 aromatic heterocycles. The summed E-state index contributed by atoms with van der Waals surface area (Å²) in [4.78, 5) is 14.8. The smallest absolute Gasteiger partial charge is 0.251 e. The number of nitrogens with zero attached hydrogens (tertiary/aromatic N) is 1. The van der Waals surface area contributed by atoms with Crippen molar-refractivity contribution < 1.29 is 4.79 Å². The zero-order valence-electron chi connectivity index (χ0n) is 14.0. The van der Waals surface area contributed by atoms with Gasteiger partial charge in [0.15, 0.2) is 0 Å². The lowest BCUT2D eigenvalue weighted by Crippen LogP contribution is -2.44. The predicted molar refractivity (Wildman–Crippen MR) is 93.8 cm³/mol. The van der Waals surface area contributed by atoms with Gasteiger partial charge in [0.1, 0.15) is 0 Å². The van der Waals surface area contributed by atoms with Crippen LogP contribution >= 0.6 is 0 Å². The molecule has 3 rings (SSSR count). The first-order chi connectivity index (χ1) is 11.3. The molecule has 0 atom stereocenters. The maximum atomic E-state index is 12.3. The van der Waals surface area contributed by atoms with Crippen molar-refractivity contribution in [1.29, 1.82) is 0 Å². The molecule has 1 saturated heterocycles. The third kappa shape index (κ3) is 5.05. The average Bonchev–Trinajstić information content (AvgIpc) is 2.62. The minimum absolute atomic E-state index is 0.0885. The molecule has 0 unspecified atom stereocenters. The quantitative estimate of drug-likeness (QED) is 0.875. The van der Waals surface area contributed by atoms with E-state index in [1.54, 1.807) is 0 Å². The molecule has 2 N–H and O–H groups in total. The lowest BCUT2D eigenvalue weighted by molar-refractivity contribution is 0.0927. The highest BCUT2D eigenvalue weighted by Crippen LogP contribution is 2.18. The van der Waals surface area contributed by atoms with E-state index in [0.29, 0.717) is 6.04 Å². The molecule has 2 fully saturated rings. The minimum Gasteiger partial charge on any atom is -0.349 e. The van der Waals surface area contributed by atoms with Crippen molar-refractivity contribution in [2.45, 2.75) is 44.6 Å². The SMILES string of the molecule is O=C(NC1CCCCC1)c1ccc(CCN2CCNCC2)cc1. The number of amides is 1. The summed E-state index contributed by atoms with van der Waals surface area (Å²) in [6, 6.07) is 8.55. The van der Waals surface area contributed by atoms with Gasteiger partial charge in [0.25, 0.3) is 5.91 Å². The van der Waals surface area contributed by atoms with Crippen LogP contribution in [0, 0.1) is 0 Å². The van der Waals surface area contributed by atoms with Crippen LogP contribution in [-0.4, -0.2) is 49.6 Å². The summed E-state index contributed by atoms with van der Waals surface area (Å²) in [6.45, 7) is 5.58. The van der Waals surface area contributed by atoms with Gasteiger partial charge in [-0.2, -0.15) is 0 Å². The van der Waals surface area contributed by atoms with Crippen LogP contribution in [0.5, 0.6) is 0 Å². The van der Waals surface area contributed by atoms with Crippen LogP contribution in [0.25, 0.3) is 0 Å². The highest BCUT2D eigenvalue weighted by atomic mass is 16.1. The van der Waals surface area contributed by atoms with Crippen molar-refractivity contribution in [3.05, 3.63) is 35.4 Å². The van der Waals surface area contributed by atoms with Crippen LogP contribution in [0.4, 0.5) is 0 Å². The summed E-state index contributed by atoms with van der Waals surface area (Å²) >= 11 is 0. The molecular weight excluding hydrogens is 286 g/mol. The highest BCUT2D eigenvalue weighted by molar-refractivity contribution is 5.94. The van der Waals surface area contributed by atoms with Crippen molar-refractivity contribution in [1.82, 2.24) is 15.5 Å². The Hall–Kier alpha value is -1.39. The maximum Gasteiger partial charge on any atom is 0.251 e. The molecule has 0 radical (unpaired) electrons. The number of piperazine rings is 1. The van der Waals surface area contributed by atoms with Crippen LogP contribution in [0.2, 0.25) is 0 Å². The number of carbonyl (C=O) groups excluding carboxylic acids is 1. The van der Waals surface area contributed by atoms with E-state index in [9.17, 15) is 4.79 Å². The molecule has 0 bridgehead atoms. The lowest BCUT2D eigenvalue weighted by atomic mass is 9.95. The summed E-state index contributed by atoms with van der Waals surface area (Å²) in [5.41, 5.74) is 2.11. The van der Waals surface area contributed by atoms with Crippen molar-refractivity contribution >= 4 is 5.91 Å². The molecule has 1 aromatic rings. The Morgan fingerprint density at radius 1 is 1.09 bits per heavy atom. The molecule has 1 aliphatic carbocycles. The summed E-state index contributed by atoms with van der Waals surface area (Å²) in [5, 5.41) is 6.56. The Morgan fingerprint density at radius 2 is 1.78 bits per heavy atom. The third-order valence-corrected chi connectivity index (χ3v) is 5.08. The molecule has 126 valence electrons. The van der Waals surface area contributed by atoms with Gasteiger partial charge in [-0.3, -0.25) is 4.79 Å². The molecule has 23 heavy (non-hydrogen) atoms. The zero-order chi connectivity index (χ0) is 15.9. The normalized spacial score (nSPS) is 20.3. The fourth-order valence-electron chi connectivity index (χ4n) is 3.56. The van der Waals surface area contributed by atoms with E-state index in [1.165, 1.54) is 24.8 Å². The first-order valence-corrected chi connectivity index (χ1v) is 9.14. The van der Waals surface area contributed by atoms with Gasteiger partial charge in [-0.15, -0.1) is 0 Å². The van der Waals surface area contributed by atoms with E-state index in [4.69, 9.17) is 0 Å². The maximum absolute atomic E-state index is 12.3. The largest absolute Gasteiger partial charge is 0.349 e. The monoisotopic (exact) mass is 315 g/mol. The van der Waals surface area contributed by atoms with Gasteiger partial charge in [0, 0.05) is 44.3 Å². The molecule has 1 aliphatic heterocycles. The molecule has 1 heterocycles. The first kappa shape index (κ1) is 16.5. The van der Waals surface area contributed by atoms with Crippen molar-refractivity contribution in [2.24, 2.45) is 0 Å². The van der Waals surface area contributed by atoms with E-state index in [2.05, 4.69) is 27.7 Å². The van der Waals surface area contributed by atoms with Crippen LogP contribution < -0.4 is 10.6 Å². The van der Waals surface area contributed by atoms with E-state index in [1.807, 2.05) is 12.1 Å². The van der Waals surface area contributed by atoms with E-state index in [-0.39, 0.29) is 5.91 Å². The third-order valence-electron chi connectivity index (χ3n) is 5.08. The number of rotatable bonds is 5. The van der Waals surface area contributed by atoms with Crippen LogP contribution in [0.15, 0.2) is 24.3 Å². The van der Waals surface area contributed by atoms with Gasteiger partial charge in [0.05, 0.1) is 0 Å². The second kappa shape index (κ2) is 8.46. The molecule has 1 aromatic carbocycles. The van der Waals surface area contributed by atoms with Crippen LogP contribution in [-0.2, 0) is 6.42 Å². The standard InChI is InChI=1S/C19H29N3O/c23-19(21-18-4-2-1-3-5-18)17-8-6-16(7-9-17)10-13-22-14-11-20-12-15-22/h6-9,18,20H,1-5,10-15H2,(H,21,23). The van der Waals surface area contributed by atoms with Crippen LogP contribution in [0.3, 0.4) is 0 Å². The Bertz CT molecular complexity index is 488. The fraction of sp³-hybridized carbons (Fsp3) is 0.632. The van der Waals surface area contributed by atoms with Gasteiger partial charge in [-0.05, 0) is 37.0 Å². The highest BCUT2D eigenvalue weighted by Gasteiger charge is 2.16. The first-order valence-electron chi connectivity index (χ1n) is 9.14. The molecule has 1 amide bonds. The number of hydrogen-bond donors (Lipinski definition) is 2. The molecule has 4 heteroatoms. The molecule has 1 saturated carbocycles. The Morgan fingerprint density at radius 3 is 2.48 bits per heavy atom. The molecular formula is C19H29N3O. The van der Waals surface area contributed by atoms with Gasteiger partial charge < -0.3 is 15.5 Å². The average molecular weight is 315 g/mol. The molecule has 4 nitrogen and oxygen atoms in total. The van der Waals surface area contributed by atoms with Gasteiger partial charge in [-0.25, -0.2) is 0 Å². The molecule has 2 aliphatic rings. The second-order valence-electron chi connectivity index (χ2n) is 6.85. The minimum atomic E-state index is 0.0885. The van der Waals surface area contributed by atoms with Gasteiger partial charge in [-0.1, -0.05) is 31.4 Å².